The maximum absolute atomic E-state index is 11.2. The second kappa shape index (κ2) is 9.10. The molecule has 5 heteroatoms. The van der Waals surface area contributed by atoms with Crippen molar-refractivity contribution in [2.75, 3.05) is 26.0 Å². The Labute approximate surface area is 124 Å². The molecule has 1 aromatic rings. The van der Waals surface area contributed by atoms with Crippen LogP contribution >= 0.6 is 0 Å². The molecule has 0 saturated heterocycles. The molecule has 0 aliphatic heterocycles. The van der Waals surface area contributed by atoms with Crippen molar-refractivity contribution in [3.63, 3.8) is 0 Å². The molecule has 20 heavy (non-hydrogen) atoms. The smallest absolute Gasteiger partial charge is 0.119 e. The van der Waals surface area contributed by atoms with E-state index < -0.39 is 16.9 Å². The number of aryl methyl sites for hydroxylation is 1. The van der Waals surface area contributed by atoms with Gasteiger partial charge in [0.25, 0.3) is 0 Å². The molecular formula is C15H25NO3S. The molecule has 0 aliphatic rings. The van der Waals surface area contributed by atoms with E-state index in [1.165, 1.54) is 0 Å². The molecule has 0 amide bonds. The number of aliphatic hydroxyl groups is 1. The minimum Gasteiger partial charge on any atom is -0.491 e. The van der Waals surface area contributed by atoms with Crippen LogP contribution in [0.25, 0.3) is 0 Å². The first-order valence-corrected chi connectivity index (χ1v) is 8.51. The fourth-order valence-corrected chi connectivity index (χ4v) is 2.15. The Balaban J connectivity index is 2.14. The van der Waals surface area contributed by atoms with Crippen LogP contribution in [0, 0.1) is 6.92 Å². The van der Waals surface area contributed by atoms with Crippen molar-refractivity contribution in [3.8, 4) is 5.75 Å². The summed E-state index contributed by atoms with van der Waals surface area (Å²) in [5, 5.41) is 13.1. The van der Waals surface area contributed by atoms with Gasteiger partial charge in [-0.3, -0.25) is 4.21 Å². The third-order valence-corrected chi connectivity index (χ3v) is 4.48. The molecule has 2 N–H and O–H groups in total. The monoisotopic (exact) mass is 299 g/mol. The van der Waals surface area contributed by atoms with E-state index in [0.717, 1.165) is 24.3 Å². The second-order valence-electron chi connectivity index (χ2n) is 5.08. The lowest BCUT2D eigenvalue weighted by Crippen LogP contribution is -2.33. The molecule has 0 heterocycles. The highest BCUT2D eigenvalue weighted by Gasteiger charge is 2.07. The maximum Gasteiger partial charge on any atom is 0.119 e. The van der Waals surface area contributed by atoms with Gasteiger partial charge in [-0.1, -0.05) is 19.1 Å². The van der Waals surface area contributed by atoms with Crippen molar-refractivity contribution in [3.05, 3.63) is 29.8 Å². The quantitative estimate of drug-likeness (QED) is 0.678. The van der Waals surface area contributed by atoms with Crippen LogP contribution in [0.3, 0.4) is 0 Å². The highest BCUT2D eigenvalue weighted by atomic mass is 32.2. The standard InChI is InChI=1S/C15H25NO3S/c1-12-5-4-6-15(9-12)19-11-14(17)10-16-8-7-13(2)20(3)18/h4-6,9,13-14,16-17H,7-8,10-11H2,1-3H3. The van der Waals surface area contributed by atoms with Crippen molar-refractivity contribution in [2.45, 2.75) is 31.6 Å². The fourth-order valence-electron chi connectivity index (χ4n) is 1.70. The molecule has 1 rings (SSSR count). The summed E-state index contributed by atoms with van der Waals surface area (Å²) in [5.41, 5.74) is 1.14. The Morgan fingerprint density at radius 1 is 1.45 bits per heavy atom. The molecule has 0 bridgehead atoms. The zero-order valence-corrected chi connectivity index (χ0v) is 13.3. The van der Waals surface area contributed by atoms with Gasteiger partial charge >= 0.3 is 0 Å². The zero-order valence-electron chi connectivity index (χ0n) is 12.5. The minimum absolute atomic E-state index is 0.184. The molecular weight excluding hydrogens is 274 g/mol. The molecule has 0 fully saturated rings. The van der Waals surface area contributed by atoms with Crippen molar-refractivity contribution in [1.82, 2.24) is 5.32 Å². The lowest BCUT2D eigenvalue weighted by molar-refractivity contribution is 0.106. The van der Waals surface area contributed by atoms with E-state index in [1.54, 1.807) is 6.26 Å². The summed E-state index contributed by atoms with van der Waals surface area (Å²) < 4.78 is 16.7. The molecule has 4 nitrogen and oxygen atoms in total. The summed E-state index contributed by atoms with van der Waals surface area (Å²) >= 11 is 0. The summed E-state index contributed by atoms with van der Waals surface area (Å²) in [5.74, 6) is 0.777. The topological polar surface area (TPSA) is 58.6 Å². The minimum atomic E-state index is -0.782. The molecule has 3 atom stereocenters. The lowest BCUT2D eigenvalue weighted by Gasteiger charge is -2.14. The Kier molecular flexibility index (Phi) is 7.80. The van der Waals surface area contributed by atoms with Crippen LogP contribution in [-0.4, -0.2) is 46.6 Å². The van der Waals surface area contributed by atoms with Crippen LogP contribution in [0.15, 0.2) is 24.3 Å². The van der Waals surface area contributed by atoms with Gasteiger partial charge in [-0.2, -0.15) is 0 Å². The Bertz CT molecular complexity index is 425. The van der Waals surface area contributed by atoms with E-state index in [1.807, 2.05) is 38.1 Å². The Morgan fingerprint density at radius 3 is 2.85 bits per heavy atom. The normalized spacial score (nSPS) is 15.6. The van der Waals surface area contributed by atoms with E-state index >= 15 is 0 Å². The third-order valence-electron chi connectivity index (χ3n) is 3.11. The molecule has 3 unspecified atom stereocenters. The first kappa shape index (κ1) is 17.1. The number of rotatable bonds is 9. The van der Waals surface area contributed by atoms with Gasteiger partial charge in [0.2, 0.25) is 0 Å². The van der Waals surface area contributed by atoms with Gasteiger partial charge in [-0.05, 0) is 37.6 Å². The average Bonchev–Trinajstić information content (AvgIpc) is 2.41. The highest BCUT2D eigenvalue weighted by Crippen LogP contribution is 2.12. The van der Waals surface area contributed by atoms with Crippen molar-refractivity contribution >= 4 is 10.8 Å². The maximum atomic E-state index is 11.2. The zero-order chi connectivity index (χ0) is 15.0. The van der Waals surface area contributed by atoms with E-state index in [-0.39, 0.29) is 11.9 Å². The van der Waals surface area contributed by atoms with Gasteiger partial charge in [-0.15, -0.1) is 0 Å². The van der Waals surface area contributed by atoms with Crippen molar-refractivity contribution in [2.24, 2.45) is 0 Å². The Hall–Kier alpha value is -0.910. The molecule has 1 aromatic carbocycles. The lowest BCUT2D eigenvalue weighted by atomic mass is 10.2. The summed E-state index contributed by atoms with van der Waals surface area (Å²) in [6, 6.07) is 7.76. The molecule has 0 aromatic heterocycles. The van der Waals surface area contributed by atoms with Crippen LogP contribution in [-0.2, 0) is 10.8 Å². The van der Waals surface area contributed by atoms with Gasteiger partial charge < -0.3 is 15.2 Å². The van der Waals surface area contributed by atoms with E-state index in [4.69, 9.17) is 4.74 Å². The molecule has 114 valence electrons. The number of aliphatic hydroxyl groups excluding tert-OH is 1. The van der Waals surface area contributed by atoms with Gasteiger partial charge in [0.05, 0.1) is 0 Å². The third kappa shape index (κ3) is 7.03. The van der Waals surface area contributed by atoms with Crippen LogP contribution in [0.5, 0.6) is 5.75 Å². The number of benzene rings is 1. The molecule has 0 aliphatic carbocycles. The summed E-state index contributed by atoms with van der Waals surface area (Å²) in [6.45, 7) is 5.47. The molecule has 0 radical (unpaired) electrons. The van der Waals surface area contributed by atoms with E-state index in [9.17, 15) is 9.32 Å². The van der Waals surface area contributed by atoms with Crippen LogP contribution < -0.4 is 10.1 Å². The van der Waals surface area contributed by atoms with Gasteiger partial charge in [-0.25, -0.2) is 0 Å². The number of ether oxygens (including phenoxy) is 1. The van der Waals surface area contributed by atoms with Crippen LogP contribution in [0.1, 0.15) is 18.9 Å². The summed E-state index contributed by atoms with van der Waals surface area (Å²) in [4.78, 5) is 0. The van der Waals surface area contributed by atoms with Crippen molar-refractivity contribution in [1.29, 1.82) is 0 Å². The number of nitrogens with one attached hydrogen (secondary N) is 1. The Morgan fingerprint density at radius 2 is 2.20 bits per heavy atom. The summed E-state index contributed by atoms with van der Waals surface area (Å²) in [7, 11) is -0.782. The van der Waals surface area contributed by atoms with Crippen LogP contribution in [0.4, 0.5) is 0 Å². The summed E-state index contributed by atoms with van der Waals surface area (Å²) in [6.07, 6.45) is 2.02. The largest absolute Gasteiger partial charge is 0.491 e. The van der Waals surface area contributed by atoms with E-state index in [0.29, 0.717) is 6.54 Å². The van der Waals surface area contributed by atoms with E-state index in [2.05, 4.69) is 5.32 Å². The number of hydrogen-bond acceptors (Lipinski definition) is 4. The predicted molar refractivity (Wildman–Crippen MR) is 83.7 cm³/mol. The van der Waals surface area contributed by atoms with Crippen molar-refractivity contribution < 1.29 is 14.1 Å². The highest BCUT2D eigenvalue weighted by molar-refractivity contribution is 7.84. The number of hydrogen-bond donors (Lipinski definition) is 2. The first-order valence-electron chi connectivity index (χ1n) is 6.89. The second-order valence-corrected chi connectivity index (χ2v) is 6.89. The van der Waals surface area contributed by atoms with Crippen LogP contribution in [0.2, 0.25) is 0 Å². The predicted octanol–water partition coefficient (Wildman–Crippen LogP) is 1.48. The van der Waals surface area contributed by atoms with Gasteiger partial charge in [0, 0.05) is 28.9 Å². The fraction of sp³-hybridized carbons (Fsp3) is 0.600. The molecule has 0 spiro atoms. The van der Waals surface area contributed by atoms with Gasteiger partial charge in [0.15, 0.2) is 0 Å². The average molecular weight is 299 g/mol. The first-order chi connectivity index (χ1) is 9.49. The molecule has 0 saturated carbocycles. The SMILES string of the molecule is Cc1cccc(OCC(O)CNCCC(C)S(C)=O)c1. The van der Waals surface area contributed by atoms with Gasteiger partial charge in [0.1, 0.15) is 18.5 Å².